The van der Waals surface area contributed by atoms with Crippen LogP contribution < -0.4 is 4.72 Å². The van der Waals surface area contributed by atoms with Gasteiger partial charge < -0.3 is 14.4 Å². The lowest BCUT2D eigenvalue weighted by Crippen LogP contribution is -2.26. The van der Waals surface area contributed by atoms with E-state index in [2.05, 4.69) is 9.71 Å². The summed E-state index contributed by atoms with van der Waals surface area (Å²) in [5.41, 5.74) is 0. The molecule has 0 aliphatic carbocycles. The van der Waals surface area contributed by atoms with E-state index in [9.17, 15) is 8.42 Å². The molecule has 1 heterocycles. The number of aryl methyl sites for hydroxylation is 1. The number of hydrogen-bond acceptors (Lipinski definition) is 5. The maximum absolute atomic E-state index is 11.8. The molecule has 7 nitrogen and oxygen atoms in total. The van der Waals surface area contributed by atoms with Crippen molar-refractivity contribution in [2.45, 2.75) is 11.4 Å². The molecule has 0 saturated heterocycles. The molecule has 0 atom stereocenters. The second-order valence-electron chi connectivity index (χ2n) is 3.54. The monoisotopic (exact) mass is 297 g/mol. The molecule has 104 valence electrons. The molecule has 2 N–H and O–H groups in total. The Hall–Kier alpha value is -0.670. The molecule has 0 aliphatic rings. The highest BCUT2D eigenvalue weighted by Gasteiger charge is 2.21. The minimum Gasteiger partial charge on any atom is -0.394 e. The molecule has 1 rings (SSSR count). The Labute approximate surface area is 111 Å². The van der Waals surface area contributed by atoms with Crippen LogP contribution in [-0.2, 0) is 21.8 Å². The molecular weight excluding hydrogens is 282 g/mol. The molecule has 0 aromatic carbocycles. The Kier molecular flexibility index (Phi) is 6.03. The number of aromatic nitrogens is 2. The fourth-order valence-electron chi connectivity index (χ4n) is 1.19. The SMILES string of the molecule is Cn1cnc(S(=O)(=O)NCCCOCCO)c1Cl. The second-order valence-corrected chi connectivity index (χ2v) is 5.58. The van der Waals surface area contributed by atoms with E-state index in [1.807, 2.05) is 0 Å². The Bertz CT molecular complexity index is 474. The lowest BCUT2D eigenvalue weighted by Gasteiger charge is -2.05. The van der Waals surface area contributed by atoms with Gasteiger partial charge in [-0.1, -0.05) is 11.6 Å². The van der Waals surface area contributed by atoms with Crippen molar-refractivity contribution in [2.75, 3.05) is 26.4 Å². The summed E-state index contributed by atoms with van der Waals surface area (Å²) in [5, 5.41) is 8.36. The van der Waals surface area contributed by atoms with Crippen LogP contribution in [0.3, 0.4) is 0 Å². The van der Waals surface area contributed by atoms with Crippen LogP contribution in [0.5, 0.6) is 0 Å². The van der Waals surface area contributed by atoms with Gasteiger partial charge in [-0.25, -0.2) is 18.1 Å². The zero-order valence-corrected chi connectivity index (χ0v) is 11.5. The van der Waals surface area contributed by atoms with E-state index >= 15 is 0 Å². The van der Waals surface area contributed by atoms with Crippen LogP contribution in [-0.4, -0.2) is 49.4 Å². The van der Waals surface area contributed by atoms with Gasteiger partial charge in [-0.15, -0.1) is 0 Å². The number of sulfonamides is 1. The molecule has 1 aromatic rings. The van der Waals surface area contributed by atoms with E-state index in [0.717, 1.165) is 0 Å². The number of nitrogens with one attached hydrogen (secondary N) is 1. The first-order valence-corrected chi connectivity index (χ1v) is 7.20. The standard InChI is InChI=1S/C9H16ClN3O4S/c1-13-7-11-9(8(13)10)18(15,16)12-3-2-5-17-6-4-14/h7,12,14H,2-6H2,1H3. The molecule has 0 saturated carbocycles. The summed E-state index contributed by atoms with van der Waals surface area (Å²) in [5.74, 6) is 0. The summed E-state index contributed by atoms with van der Waals surface area (Å²) in [7, 11) is -2.07. The van der Waals surface area contributed by atoms with E-state index in [1.54, 1.807) is 7.05 Å². The summed E-state index contributed by atoms with van der Waals surface area (Å²) in [6, 6.07) is 0. The third-order valence-electron chi connectivity index (χ3n) is 2.08. The molecule has 1 aromatic heterocycles. The normalized spacial score (nSPS) is 11.9. The van der Waals surface area contributed by atoms with Gasteiger partial charge in [-0.05, 0) is 6.42 Å². The Morgan fingerprint density at radius 1 is 1.56 bits per heavy atom. The molecule has 0 amide bonds. The highest BCUT2D eigenvalue weighted by Crippen LogP contribution is 2.17. The lowest BCUT2D eigenvalue weighted by atomic mass is 10.5. The average Bonchev–Trinajstić information content (AvgIpc) is 2.65. The van der Waals surface area contributed by atoms with Crippen molar-refractivity contribution in [3.05, 3.63) is 11.5 Å². The topological polar surface area (TPSA) is 93.5 Å². The van der Waals surface area contributed by atoms with Crippen molar-refractivity contribution in [3.63, 3.8) is 0 Å². The highest BCUT2D eigenvalue weighted by atomic mass is 35.5. The molecule has 0 unspecified atom stereocenters. The molecular formula is C9H16ClN3O4S. The third kappa shape index (κ3) is 4.21. The molecule has 0 fully saturated rings. The number of nitrogens with zero attached hydrogens (tertiary/aromatic N) is 2. The first kappa shape index (κ1) is 15.4. The number of aliphatic hydroxyl groups is 1. The lowest BCUT2D eigenvalue weighted by molar-refractivity contribution is 0.0913. The number of hydrogen-bond donors (Lipinski definition) is 2. The van der Waals surface area contributed by atoms with Gasteiger partial charge in [-0.2, -0.15) is 0 Å². The summed E-state index contributed by atoms with van der Waals surface area (Å²) in [4.78, 5) is 3.73. The van der Waals surface area contributed by atoms with E-state index in [-0.39, 0.29) is 29.9 Å². The smallest absolute Gasteiger partial charge is 0.261 e. The van der Waals surface area contributed by atoms with Gasteiger partial charge in [-0.3, -0.25) is 0 Å². The Morgan fingerprint density at radius 3 is 2.83 bits per heavy atom. The van der Waals surface area contributed by atoms with Crippen LogP contribution in [0.25, 0.3) is 0 Å². The van der Waals surface area contributed by atoms with Crippen molar-refractivity contribution in [1.82, 2.24) is 14.3 Å². The van der Waals surface area contributed by atoms with E-state index in [1.165, 1.54) is 10.9 Å². The maximum Gasteiger partial charge on any atom is 0.261 e. The second kappa shape index (κ2) is 7.05. The number of aliphatic hydroxyl groups excluding tert-OH is 1. The molecule has 18 heavy (non-hydrogen) atoms. The van der Waals surface area contributed by atoms with E-state index < -0.39 is 10.0 Å². The maximum atomic E-state index is 11.8. The van der Waals surface area contributed by atoms with Gasteiger partial charge in [0, 0.05) is 20.2 Å². The van der Waals surface area contributed by atoms with Crippen molar-refractivity contribution in [2.24, 2.45) is 7.05 Å². The van der Waals surface area contributed by atoms with Gasteiger partial charge in [0.15, 0.2) is 0 Å². The van der Waals surface area contributed by atoms with Crippen LogP contribution in [0.4, 0.5) is 0 Å². The largest absolute Gasteiger partial charge is 0.394 e. The molecule has 0 radical (unpaired) electrons. The van der Waals surface area contributed by atoms with Crippen molar-refractivity contribution < 1.29 is 18.3 Å². The van der Waals surface area contributed by atoms with Crippen LogP contribution in [0.15, 0.2) is 11.4 Å². The summed E-state index contributed by atoms with van der Waals surface area (Å²) in [6.45, 7) is 0.799. The van der Waals surface area contributed by atoms with Gasteiger partial charge in [0.1, 0.15) is 5.15 Å². The number of halogens is 1. The van der Waals surface area contributed by atoms with E-state index in [0.29, 0.717) is 13.0 Å². The van der Waals surface area contributed by atoms with Gasteiger partial charge in [0.2, 0.25) is 5.03 Å². The summed E-state index contributed by atoms with van der Waals surface area (Å²) in [6.07, 6.45) is 1.84. The fraction of sp³-hybridized carbons (Fsp3) is 0.667. The molecule has 9 heteroatoms. The first-order valence-electron chi connectivity index (χ1n) is 5.34. The Balaban J connectivity index is 2.44. The van der Waals surface area contributed by atoms with Crippen molar-refractivity contribution in [3.8, 4) is 0 Å². The highest BCUT2D eigenvalue weighted by molar-refractivity contribution is 7.89. The number of rotatable bonds is 8. The minimum absolute atomic E-state index is 0.0464. The van der Waals surface area contributed by atoms with Crippen LogP contribution >= 0.6 is 11.6 Å². The van der Waals surface area contributed by atoms with Crippen molar-refractivity contribution in [1.29, 1.82) is 0 Å². The van der Waals surface area contributed by atoms with E-state index in [4.69, 9.17) is 21.4 Å². The summed E-state index contributed by atoms with van der Waals surface area (Å²) < 4.78 is 32.4. The zero-order valence-electron chi connectivity index (χ0n) is 9.97. The van der Waals surface area contributed by atoms with Gasteiger partial charge in [0.05, 0.1) is 19.5 Å². The number of ether oxygens (including phenoxy) is 1. The molecule has 0 bridgehead atoms. The van der Waals surface area contributed by atoms with Crippen LogP contribution in [0.1, 0.15) is 6.42 Å². The number of imidazole rings is 1. The van der Waals surface area contributed by atoms with Crippen LogP contribution in [0.2, 0.25) is 5.15 Å². The third-order valence-corrected chi connectivity index (χ3v) is 4.03. The zero-order chi connectivity index (χ0) is 13.6. The minimum atomic E-state index is -3.68. The van der Waals surface area contributed by atoms with Gasteiger partial charge in [0.25, 0.3) is 10.0 Å². The Morgan fingerprint density at radius 2 is 2.28 bits per heavy atom. The van der Waals surface area contributed by atoms with Gasteiger partial charge >= 0.3 is 0 Å². The fourth-order valence-corrected chi connectivity index (χ4v) is 2.69. The predicted octanol–water partition coefficient (Wildman–Crippen LogP) is -0.249. The van der Waals surface area contributed by atoms with Crippen molar-refractivity contribution >= 4 is 21.6 Å². The first-order chi connectivity index (χ1) is 8.49. The quantitative estimate of drug-likeness (QED) is 0.646. The average molecular weight is 298 g/mol. The molecule has 0 spiro atoms. The predicted molar refractivity (Wildman–Crippen MR) is 65.9 cm³/mol. The van der Waals surface area contributed by atoms with Crippen LogP contribution in [0, 0.1) is 0 Å². The molecule has 0 aliphatic heterocycles. The summed E-state index contributed by atoms with van der Waals surface area (Å²) >= 11 is 5.80.